The summed E-state index contributed by atoms with van der Waals surface area (Å²) in [6.45, 7) is 9.89. The van der Waals surface area contributed by atoms with Crippen molar-refractivity contribution in [3.8, 4) is 0 Å². The summed E-state index contributed by atoms with van der Waals surface area (Å²) in [6.07, 6.45) is 0.895. The van der Waals surface area contributed by atoms with E-state index in [0.717, 1.165) is 31.6 Å². The number of sulfonamides is 1. The van der Waals surface area contributed by atoms with Crippen LogP contribution in [0.5, 0.6) is 0 Å². The van der Waals surface area contributed by atoms with Crippen LogP contribution in [0.2, 0.25) is 0 Å². The van der Waals surface area contributed by atoms with Crippen molar-refractivity contribution in [3.05, 3.63) is 64.7 Å². The van der Waals surface area contributed by atoms with Gasteiger partial charge < -0.3 is 4.90 Å². The zero-order valence-corrected chi connectivity index (χ0v) is 18.8. The number of amides is 1. The number of aryl methyl sites for hydroxylation is 2. The highest BCUT2D eigenvalue weighted by Gasteiger charge is 2.23. The minimum atomic E-state index is -3.60. The molecule has 7 heteroatoms. The number of nitrogens with zero attached hydrogens (tertiary/aromatic N) is 2. The van der Waals surface area contributed by atoms with Gasteiger partial charge in [0.05, 0.1) is 4.90 Å². The SMILES string of the molecule is CCNS(=O)(=O)c1ccc(C)c(C(=O)N2CCCN(Cc3ccc(C)cc3)CC2)c1. The molecule has 0 aromatic heterocycles. The molecule has 6 nitrogen and oxygen atoms in total. The topological polar surface area (TPSA) is 69.7 Å². The van der Waals surface area contributed by atoms with E-state index in [4.69, 9.17) is 0 Å². The van der Waals surface area contributed by atoms with Crippen molar-refractivity contribution < 1.29 is 13.2 Å². The van der Waals surface area contributed by atoms with E-state index in [2.05, 4.69) is 40.8 Å². The zero-order chi connectivity index (χ0) is 21.7. The molecule has 0 atom stereocenters. The largest absolute Gasteiger partial charge is 0.337 e. The third kappa shape index (κ3) is 5.47. The van der Waals surface area contributed by atoms with Gasteiger partial charge in [-0.2, -0.15) is 0 Å². The summed E-state index contributed by atoms with van der Waals surface area (Å²) < 4.78 is 27.2. The Morgan fingerprint density at radius 2 is 1.73 bits per heavy atom. The van der Waals surface area contributed by atoms with E-state index >= 15 is 0 Å². The lowest BCUT2D eigenvalue weighted by molar-refractivity contribution is 0.0760. The molecular formula is C23H31N3O3S. The summed E-state index contributed by atoms with van der Waals surface area (Å²) in [6, 6.07) is 13.3. The van der Waals surface area contributed by atoms with E-state index in [1.54, 1.807) is 19.1 Å². The van der Waals surface area contributed by atoms with Crippen molar-refractivity contribution in [1.82, 2.24) is 14.5 Å². The van der Waals surface area contributed by atoms with Gasteiger partial charge in [-0.15, -0.1) is 0 Å². The Kier molecular flexibility index (Phi) is 7.28. The van der Waals surface area contributed by atoms with Gasteiger partial charge in [0.1, 0.15) is 0 Å². The maximum absolute atomic E-state index is 13.2. The minimum absolute atomic E-state index is 0.0989. The van der Waals surface area contributed by atoms with Gasteiger partial charge in [-0.1, -0.05) is 42.8 Å². The first-order valence-electron chi connectivity index (χ1n) is 10.5. The molecule has 1 saturated heterocycles. The molecule has 1 aliphatic heterocycles. The average Bonchev–Trinajstić information content (AvgIpc) is 2.95. The fourth-order valence-electron chi connectivity index (χ4n) is 3.73. The summed E-state index contributed by atoms with van der Waals surface area (Å²) in [5, 5.41) is 0. The van der Waals surface area contributed by atoms with Crippen LogP contribution in [0.4, 0.5) is 0 Å². The molecule has 2 aromatic rings. The van der Waals surface area contributed by atoms with Gasteiger partial charge in [-0.05, 0) is 43.5 Å². The van der Waals surface area contributed by atoms with Crippen LogP contribution in [0.25, 0.3) is 0 Å². The van der Waals surface area contributed by atoms with Gasteiger partial charge in [0, 0.05) is 44.8 Å². The quantitative estimate of drug-likeness (QED) is 0.767. The lowest BCUT2D eigenvalue weighted by Crippen LogP contribution is -2.35. The third-order valence-corrected chi connectivity index (χ3v) is 7.03. The molecule has 0 spiro atoms. The maximum atomic E-state index is 13.2. The van der Waals surface area contributed by atoms with Crippen molar-refractivity contribution in [1.29, 1.82) is 0 Å². The highest BCUT2D eigenvalue weighted by Crippen LogP contribution is 2.19. The van der Waals surface area contributed by atoms with Crippen LogP contribution in [0.15, 0.2) is 47.4 Å². The second kappa shape index (κ2) is 9.73. The first-order chi connectivity index (χ1) is 14.3. The van der Waals surface area contributed by atoms with E-state index in [1.807, 2.05) is 11.8 Å². The van der Waals surface area contributed by atoms with Crippen molar-refractivity contribution in [2.75, 3.05) is 32.7 Å². The number of hydrogen-bond acceptors (Lipinski definition) is 4. The highest BCUT2D eigenvalue weighted by atomic mass is 32.2. The molecule has 1 amide bonds. The fourth-order valence-corrected chi connectivity index (χ4v) is 4.79. The van der Waals surface area contributed by atoms with Gasteiger partial charge >= 0.3 is 0 Å². The first-order valence-corrected chi connectivity index (χ1v) is 12.0. The Balaban J connectivity index is 1.71. The van der Waals surface area contributed by atoms with Crippen LogP contribution in [0, 0.1) is 13.8 Å². The summed E-state index contributed by atoms with van der Waals surface area (Å²) in [5.74, 6) is -0.0989. The molecule has 0 bridgehead atoms. The van der Waals surface area contributed by atoms with Crippen LogP contribution < -0.4 is 4.72 Å². The Labute approximate surface area is 179 Å². The highest BCUT2D eigenvalue weighted by molar-refractivity contribution is 7.89. The van der Waals surface area contributed by atoms with Gasteiger partial charge in [-0.3, -0.25) is 9.69 Å². The van der Waals surface area contributed by atoms with Crippen LogP contribution in [-0.2, 0) is 16.6 Å². The summed E-state index contributed by atoms with van der Waals surface area (Å²) in [4.78, 5) is 17.6. The lowest BCUT2D eigenvalue weighted by Gasteiger charge is -2.23. The minimum Gasteiger partial charge on any atom is -0.337 e. The molecule has 1 N–H and O–H groups in total. The van der Waals surface area contributed by atoms with Gasteiger partial charge in [0.2, 0.25) is 10.0 Å². The monoisotopic (exact) mass is 429 g/mol. The van der Waals surface area contributed by atoms with Crippen LogP contribution in [0.3, 0.4) is 0 Å². The zero-order valence-electron chi connectivity index (χ0n) is 18.0. The predicted molar refractivity (Wildman–Crippen MR) is 119 cm³/mol. The van der Waals surface area contributed by atoms with E-state index in [0.29, 0.717) is 25.2 Å². The normalized spacial score (nSPS) is 15.8. The second-order valence-corrected chi connectivity index (χ2v) is 9.65. The second-order valence-electron chi connectivity index (χ2n) is 7.89. The number of rotatable bonds is 6. The van der Waals surface area contributed by atoms with E-state index in [-0.39, 0.29) is 10.8 Å². The fraction of sp³-hybridized carbons (Fsp3) is 0.435. The summed E-state index contributed by atoms with van der Waals surface area (Å²) in [7, 11) is -3.60. The van der Waals surface area contributed by atoms with Crippen molar-refractivity contribution in [2.45, 2.75) is 38.6 Å². The summed E-state index contributed by atoms with van der Waals surface area (Å²) in [5.41, 5.74) is 3.77. The Morgan fingerprint density at radius 3 is 2.43 bits per heavy atom. The average molecular weight is 430 g/mol. The maximum Gasteiger partial charge on any atom is 0.254 e. The van der Waals surface area contributed by atoms with Crippen LogP contribution in [-0.4, -0.2) is 56.8 Å². The van der Waals surface area contributed by atoms with Crippen LogP contribution >= 0.6 is 0 Å². The number of hydrogen-bond donors (Lipinski definition) is 1. The molecule has 1 aliphatic rings. The number of benzene rings is 2. The number of carbonyl (C=O) groups is 1. The predicted octanol–water partition coefficient (Wildman–Crippen LogP) is 2.95. The Hall–Kier alpha value is -2.22. The van der Waals surface area contributed by atoms with Gasteiger partial charge in [0.15, 0.2) is 0 Å². The molecule has 0 saturated carbocycles. The molecule has 1 fully saturated rings. The van der Waals surface area contributed by atoms with E-state index in [9.17, 15) is 13.2 Å². The van der Waals surface area contributed by atoms with E-state index in [1.165, 1.54) is 17.2 Å². The molecule has 0 aliphatic carbocycles. The van der Waals surface area contributed by atoms with E-state index < -0.39 is 10.0 Å². The van der Waals surface area contributed by atoms with Crippen LogP contribution in [0.1, 0.15) is 40.4 Å². The number of carbonyl (C=O) groups excluding carboxylic acids is 1. The van der Waals surface area contributed by atoms with Crippen molar-refractivity contribution in [3.63, 3.8) is 0 Å². The molecule has 1 heterocycles. The first kappa shape index (κ1) is 22.5. The molecule has 162 valence electrons. The van der Waals surface area contributed by atoms with Gasteiger partial charge in [0.25, 0.3) is 5.91 Å². The van der Waals surface area contributed by atoms with Crippen molar-refractivity contribution >= 4 is 15.9 Å². The van der Waals surface area contributed by atoms with Gasteiger partial charge in [-0.25, -0.2) is 13.1 Å². The molecule has 0 radical (unpaired) electrons. The Bertz CT molecular complexity index is 987. The molecule has 3 rings (SSSR count). The molecular weight excluding hydrogens is 398 g/mol. The van der Waals surface area contributed by atoms with Crippen molar-refractivity contribution in [2.24, 2.45) is 0 Å². The standard InChI is InChI=1S/C23H31N3O3S/c1-4-24-30(28,29)21-11-8-19(3)22(16-21)23(27)26-13-5-12-25(14-15-26)17-20-9-6-18(2)7-10-20/h6-11,16,24H,4-5,12-15,17H2,1-3H3. The molecule has 0 unspecified atom stereocenters. The third-order valence-electron chi connectivity index (χ3n) is 5.49. The molecule has 2 aromatic carbocycles. The Morgan fingerprint density at radius 1 is 1.00 bits per heavy atom. The molecule has 30 heavy (non-hydrogen) atoms. The summed E-state index contributed by atoms with van der Waals surface area (Å²) >= 11 is 0. The smallest absolute Gasteiger partial charge is 0.254 e. The number of nitrogens with one attached hydrogen (secondary N) is 1. The lowest BCUT2D eigenvalue weighted by atomic mass is 10.1.